The Morgan fingerprint density at radius 2 is 1.97 bits per heavy atom. The molecule has 3 aliphatic rings. The smallest absolute Gasteiger partial charge is 0.166 e. The summed E-state index contributed by atoms with van der Waals surface area (Å²) in [7, 11) is 1.61. The molecule has 9 nitrogen and oxygen atoms in total. The Morgan fingerprint density at radius 1 is 1.11 bits per heavy atom. The minimum Gasteiger partial charge on any atom is -0.493 e. The first kappa shape index (κ1) is 21.8. The summed E-state index contributed by atoms with van der Waals surface area (Å²) in [6.45, 7) is 4.02. The van der Waals surface area contributed by atoms with Gasteiger partial charge in [0.15, 0.2) is 17.4 Å². The fourth-order valence-electron chi connectivity index (χ4n) is 6.77. The maximum atomic E-state index is 6.56. The molecule has 2 saturated carbocycles. The number of aryl methyl sites for hydroxylation is 1. The second kappa shape index (κ2) is 7.30. The first-order valence-electron chi connectivity index (χ1n) is 12.5. The largest absolute Gasteiger partial charge is 0.493 e. The number of aromatic nitrogens is 4. The van der Waals surface area contributed by atoms with Crippen LogP contribution in [0.5, 0.6) is 5.75 Å². The van der Waals surface area contributed by atoms with E-state index in [1.165, 1.54) is 11.9 Å². The number of benzene rings is 1. The second-order valence-corrected chi connectivity index (χ2v) is 10.9. The molecule has 4 heterocycles. The zero-order chi connectivity index (χ0) is 24.8. The number of nitrogen functional groups attached to an aromatic ring is 2. The second-order valence-electron chi connectivity index (χ2n) is 10.9. The average molecular weight is 487 g/mol. The van der Waals surface area contributed by atoms with E-state index in [0.717, 1.165) is 41.2 Å². The minimum absolute atomic E-state index is 0.0314. The highest BCUT2D eigenvalue weighted by Gasteiger charge is 2.75. The number of rotatable bonds is 5. The molecule has 3 aromatic heterocycles. The lowest BCUT2D eigenvalue weighted by atomic mass is 9.91. The van der Waals surface area contributed by atoms with E-state index in [0.29, 0.717) is 23.3 Å². The van der Waals surface area contributed by atoms with E-state index in [4.69, 9.17) is 25.7 Å². The van der Waals surface area contributed by atoms with Crippen LogP contribution in [0.3, 0.4) is 0 Å². The van der Waals surface area contributed by atoms with Gasteiger partial charge in [-0.2, -0.15) is 0 Å². The van der Waals surface area contributed by atoms with Crippen molar-refractivity contribution in [1.29, 1.82) is 0 Å². The number of fused-ring (bicyclic) bond motifs is 5. The van der Waals surface area contributed by atoms with Gasteiger partial charge in [0.25, 0.3) is 0 Å². The maximum Gasteiger partial charge on any atom is 0.166 e. The molecular weight excluding hydrogens is 456 g/mol. The number of methoxy groups -OCH3 is 1. The fraction of sp³-hybridized carbons (Fsp3) is 0.444. The molecular formula is C27H30N6O3. The highest BCUT2D eigenvalue weighted by molar-refractivity contribution is 5.86. The molecule has 0 amide bonds. The van der Waals surface area contributed by atoms with Crippen molar-refractivity contribution in [3.63, 3.8) is 0 Å². The number of nitrogens with zero attached hydrogens (tertiary/aromatic N) is 4. The van der Waals surface area contributed by atoms with Crippen molar-refractivity contribution in [2.45, 2.75) is 57.1 Å². The molecule has 1 saturated heterocycles. The van der Waals surface area contributed by atoms with Gasteiger partial charge in [-0.15, -0.1) is 0 Å². The standard InChI is InChI=1S/C27H30N6O3/c1-26(2)35-21-20(33-9-7-16-23(28)30-13-31-25(16)33)17-12-27(17,22(21)36-26)8-6-14-4-5-15-11-19(34-3)24(29)32-18(15)10-14/h4-5,7,9-11,13,17,20-22H,6,8,12H2,1-3H3,(H2,29,32)(H2,28,30,31)/t17-,20-,21+,22+,27?/m1/s1. The van der Waals surface area contributed by atoms with Gasteiger partial charge in [0, 0.05) is 17.0 Å². The van der Waals surface area contributed by atoms with Crippen LogP contribution < -0.4 is 16.2 Å². The summed E-state index contributed by atoms with van der Waals surface area (Å²) in [6, 6.07) is 10.5. The Hall–Kier alpha value is -3.43. The van der Waals surface area contributed by atoms with Crippen molar-refractivity contribution < 1.29 is 14.2 Å². The van der Waals surface area contributed by atoms with Crippen LogP contribution in [-0.4, -0.2) is 44.6 Å². The van der Waals surface area contributed by atoms with Crippen molar-refractivity contribution >= 4 is 33.6 Å². The fourth-order valence-corrected chi connectivity index (χ4v) is 6.77. The lowest BCUT2D eigenvalue weighted by Gasteiger charge is -2.24. The zero-order valence-electron chi connectivity index (χ0n) is 20.6. The molecule has 0 spiro atoms. The third kappa shape index (κ3) is 3.05. The van der Waals surface area contributed by atoms with Crippen molar-refractivity contribution in [3.05, 3.63) is 48.4 Å². The molecule has 1 aliphatic heterocycles. The van der Waals surface area contributed by atoms with Crippen LogP contribution in [0.1, 0.15) is 38.3 Å². The van der Waals surface area contributed by atoms with Crippen LogP contribution in [0.15, 0.2) is 42.9 Å². The van der Waals surface area contributed by atoms with Gasteiger partial charge in [-0.25, -0.2) is 15.0 Å². The van der Waals surface area contributed by atoms with Gasteiger partial charge in [0.05, 0.1) is 30.2 Å². The first-order valence-corrected chi connectivity index (χ1v) is 12.5. The van der Waals surface area contributed by atoms with Crippen molar-refractivity contribution in [2.24, 2.45) is 11.3 Å². The van der Waals surface area contributed by atoms with Crippen LogP contribution in [-0.2, 0) is 15.9 Å². The SMILES string of the molecule is COc1cc2ccc(CCC34C[C@@H]3[C@@H](n3ccc5c(N)ncnc53)[C@@H]3OC(C)(C)O[C@@H]34)cc2nc1N. The van der Waals surface area contributed by atoms with Crippen LogP contribution in [0.25, 0.3) is 21.9 Å². The lowest BCUT2D eigenvalue weighted by Crippen LogP contribution is -2.32. The highest BCUT2D eigenvalue weighted by atomic mass is 16.8. The molecule has 0 bridgehead atoms. The Balaban J connectivity index is 1.20. The summed E-state index contributed by atoms with van der Waals surface area (Å²) in [6.07, 6.45) is 6.67. The van der Waals surface area contributed by atoms with E-state index in [1.54, 1.807) is 7.11 Å². The van der Waals surface area contributed by atoms with Crippen LogP contribution >= 0.6 is 0 Å². The number of ether oxygens (including phenoxy) is 3. The molecule has 9 heteroatoms. The first-order chi connectivity index (χ1) is 17.3. The molecule has 7 rings (SSSR count). The Labute approximate surface area is 208 Å². The van der Waals surface area contributed by atoms with Crippen molar-refractivity contribution in [1.82, 2.24) is 19.5 Å². The number of hydrogen-bond donors (Lipinski definition) is 2. The summed E-state index contributed by atoms with van der Waals surface area (Å²) in [5.41, 5.74) is 15.2. The predicted molar refractivity (Wildman–Crippen MR) is 136 cm³/mol. The molecule has 186 valence electrons. The van der Waals surface area contributed by atoms with E-state index in [2.05, 4.69) is 43.9 Å². The predicted octanol–water partition coefficient (Wildman–Crippen LogP) is 3.87. The molecule has 4 aromatic rings. The summed E-state index contributed by atoms with van der Waals surface area (Å²) in [5, 5.41) is 1.90. The molecule has 36 heavy (non-hydrogen) atoms. The van der Waals surface area contributed by atoms with Gasteiger partial charge in [-0.1, -0.05) is 12.1 Å². The lowest BCUT2D eigenvalue weighted by molar-refractivity contribution is -0.161. The average Bonchev–Trinajstić information content (AvgIpc) is 3.10. The van der Waals surface area contributed by atoms with Crippen molar-refractivity contribution in [2.75, 3.05) is 18.6 Å². The van der Waals surface area contributed by atoms with E-state index in [1.807, 2.05) is 26.0 Å². The number of hydrogen-bond acceptors (Lipinski definition) is 8. The number of anilines is 2. The Morgan fingerprint density at radius 3 is 2.81 bits per heavy atom. The highest BCUT2D eigenvalue weighted by Crippen LogP contribution is 2.73. The number of nitrogens with two attached hydrogens (primary N) is 2. The Kier molecular flexibility index (Phi) is 4.43. The summed E-state index contributed by atoms with van der Waals surface area (Å²) in [5.74, 6) is 1.35. The van der Waals surface area contributed by atoms with Gasteiger partial charge in [-0.05, 0) is 62.8 Å². The number of pyridine rings is 1. The summed E-state index contributed by atoms with van der Waals surface area (Å²) < 4.78 is 20.6. The van der Waals surface area contributed by atoms with E-state index < -0.39 is 5.79 Å². The van der Waals surface area contributed by atoms with Gasteiger partial charge in [0.1, 0.15) is 23.9 Å². The molecule has 4 N–H and O–H groups in total. The molecule has 1 aromatic carbocycles. The van der Waals surface area contributed by atoms with Crippen LogP contribution in [0.4, 0.5) is 11.6 Å². The van der Waals surface area contributed by atoms with Crippen LogP contribution in [0, 0.1) is 11.3 Å². The molecule has 0 radical (unpaired) electrons. The summed E-state index contributed by atoms with van der Waals surface area (Å²) in [4.78, 5) is 13.3. The van der Waals surface area contributed by atoms with Crippen molar-refractivity contribution in [3.8, 4) is 5.75 Å². The van der Waals surface area contributed by atoms with E-state index >= 15 is 0 Å². The summed E-state index contributed by atoms with van der Waals surface area (Å²) >= 11 is 0. The normalized spacial score (nSPS) is 30.0. The van der Waals surface area contributed by atoms with Gasteiger partial charge < -0.3 is 30.2 Å². The third-order valence-electron chi connectivity index (χ3n) is 8.46. The van der Waals surface area contributed by atoms with Gasteiger partial charge in [-0.3, -0.25) is 0 Å². The Bertz CT molecular complexity index is 1520. The molecule has 1 unspecified atom stereocenters. The van der Waals surface area contributed by atoms with Gasteiger partial charge >= 0.3 is 0 Å². The van der Waals surface area contributed by atoms with E-state index in [9.17, 15) is 0 Å². The molecule has 3 fully saturated rings. The monoisotopic (exact) mass is 486 g/mol. The van der Waals surface area contributed by atoms with Gasteiger partial charge in [0.2, 0.25) is 0 Å². The minimum atomic E-state index is -0.617. The third-order valence-corrected chi connectivity index (χ3v) is 8.46. The maximum absolute atomic E-state index is 6.56. The quantitative estimate of drug-likeness (QED) is 0.436. The molecule has 5 atom stereocenters. The van der Waals surface area contributed by atoms with E-state index in [-0.39, 0.29) is 23.7 Å². The zero-order valence-corrected chi connectivity index (χ0v) is 20.6. The van der Waals surface area contributed by atoms with Crippen LogP contribution in [0.2, 0.25) is 0 Å². The topological polar surface area (TPSA) is 123 Å². The molecule has 2 aliphatic carbocycles.